The molecular weight excluding hydrogens is 424 g/mol. The maximum atomic E-state index is 12.4. The smallest absolute Gasteiger partial charge is 0.262 e. The molecule has 1 aromatic heterocycles. The molecule has 0 bridgehead atoms. The van der Waals surface area contributed by atoms with Gasteiger partial charge in [0.1, 0.15) is 17.4 Å². The Hall–Kier alpha value is -4.19. The van der Waals surface area contributed by atoms with Crippen LogP contribution in [-0.4, -0.2) is 22.5 Å². The monoisotopic (exact) mass is 452 g/mol. The number of ether oxygens (including phenoxy) is 1. The van der Waals surface area contributed by atoms with Gasteiger partial charge in [-0.05, 0) is 48.7 Å². The Balaban J connectivity index is 1.40. The average Bonchev–Trinajstić information content (AvgIpc) is 2.83. The molecule has 0 aliphatic heterocycles. The summed E-state index contributed by atoms with van der Waals surface area (Å²) in [4.78, 5) is 21.5. The van der Waals surface area contributed by atoms with Crippen LogP contribution in [0.3, 0.4) is 0 Å². The van der Waals surface area contributed by atoms with Crippen LogP contribution in [0, 0.1) is 6.92 Å². The summed E-state index contributed by atoms with van der Waals surface area (Å²) in [6, 6.07) is 27.2. The van der Waals surface area contributed by atoms with Gasteiger partial charge in [0, 0.05) is 23.0 Å². The van der Waals surface area contributed by atoms with Gasteiger partial charge >= 0.3 is 0 Å². The molecule has 0 fully saturated rings. The zero-order valence-electron chi connectivity index (χ0n) is 19.6. The van der Waals surface area contributed by atoms with Crippen LogP contribution in [0.4, 0.5) is 17.2 Å². The minimum Gasteiger partial charge on any atom is -0.484 e. The number of nitrogens with one attached hydrogen (secondary N) is 2. The summed E-state index contributed by atoms with van der Waals surface area (Å²) >= 11 is 0. The second-order valence-electron chi connectivity index (χ2n) is 8.32. The summed E-state index contributed by atoms with van der Waals surface area (Å²) in [5.74, 6) is 2.21. The molecule has 0 unspecified atom stereocenters. The maximum absolute atomic E-state index is 12.4. The SMILES string of the molecule is Cc1nc(Nc2cccc(NC(=O)COc3cccc(C(C)C)c3)c2)cc(-c2ccccc2)n1. The van der Waals surface area contributed by atoms with Crippen LogP contribution >= 0.6 is 0 Å². The van der Waals surface area contributed by atoms with E-state index in [-0.39, 0.29) is 12.5 Å². The molecule has 2 N–H and O–H groups in total. The number of carbonyl (C=O) groups is 1. The fourth-order valence-electron chi connectivity index (χ4n) is 3.52. The van der Waals surface area contributed by atoms with Crippen molar-refractivity contribution in [1.82, 2.24) is 9.97 Å². The number of rotatable bonds is 8. The third-order valence-corrected chi connectivity index (χ3v) is 5.22. The number of aryl methyl sites for hydroxylation is 1. The number of nitrogens with zero attached hydrogens (tertiary/aromatic N) is 2. The maximum Gasteiger partial charge on any atom is 0.262 e. The molecule has 0 aliphatic rings. The van der Waals surface area contributed by atoms with E-state index >= 15 is 0 Å². The summed E-state index contributed by atoms with van der Waals surface area (Å²) in [6.45, 7) is 6.05. The fraction of sp³-hybridized carbons (Fsp3) is 0.179. The van der Waals surface area contributed by atoms with Gasteiger partial charge in [-0.2, -0.15) is 0 Å². The molecule has 34 heavy (non-hydrogen) atoms. The van der Waals surface area contributed by atoms with E-state index in [4.69, 9.17) is 4.74 Å². The van der Waals surface area contributed by atoms with E-state index in [1.54, 1.807) is 0 Å². The first kappa shape index (κ1) is 23.0. The molecule has 1 heterocycles. The molecule has 0 saturated carbocycles. The van der Waals surface area contributed by atoms with Gasteiger partial charge in [-0.3, -0.25) is 4.79 Å². The normalized spacial score (nSPS) is 10.7. The lowest BCUT2D eigenvalue weighted by atomic mass is 10.0. The number of hydrogen-bond acceptors (Lipinski definition) is 5. The third kappa shape index (κ3) is 6.19. The predicted molar refractivity (Wildman–Crippen MR) is 137 cm³/mol. The molecule has 0 atom stereocenters. The van der Waals surface area contributed by atoms with Crippen LogP contribution in [0.1, 0.15) is 31.2 Å². The van der Waals surface area contributed by atoms with Crippen molar-refractivity contribution in [2.75, 3.05) is 17.2 Å². The van der Waals surface area contributed by atoms with Gasteiger partial charge in [0.2, 0.25) is 0 Å². The summed E-state index contributed by atoms with van der Waals surface area (Å²) in [7, 11) is 0. The van der Waals surface area contributed by atoms with Crippen LogP contribution in [0.25, 0.3) is 11.3 Å². The van der Waals surface area contributed by atoms with E-state index in [1.165, 1.54) is 5.56 Å². The van der Waals surface area contributed by atoms with E-state index in [2.05, 4.69) is 40.5 Å². The Morgan fingerprint density at radius 2 is 1.65 bits per heavy atom. The van der Waals surface area contributed by atoms with Gasteiger partial charge in [-0.1, -0.05) is 62.4 Å². The molecular formula is C28H28N4O2. The largest absolute Gasteiger partial charge is 0.484 e. The van der Waals surface area contributed by atoms with Crippen molar-refractivity contribution >= 4 is 23.1 Å². The average molecular weight is 453 g/mol. The Morgan fingerprint density at radius 1 is 0.882 bits per heavy atom. The van der Waals surface area contributed by atoms with Crippen molar-refractivity contribution in [3.05, 3.63) is 96.3 Å². The van der Waals surface area contributed by atoms with Crippen molar-refractivity contribution in [1.29, 1.82) is 0 Å². The summed E-state index contributed by atoms with van der Waals surface area (Å²) in [5, 5.41) is 6.20. The minimum atomic E-state index is -0.226. The molecule has 4 aromatic rings. The fourth-order valence-corrected chi connectivity index (χ4v) is 3.52. The molecule has 0 radical (unpaired) electrons. The first-order chi connectivity index (χ1) is 16.5. The number of benzene rings is 3. The van der Waals surface area contributed by atoms with Crippen LogP contribution in [-0.2, 0) is 4.79 Å². The van der Waals surface area contributed by atoms with Gasteiger partial charge in [0.25, 0.3) is 5.91 Å². The molecule has 172 valence electrons. The van der Waals surface area contributed by atoms with Gasteiger partial charge in [-0.15, -0.1) is 0 Å². The molecule has 0 aliphatic carbocycles. The summed E-state index contributed by atoms with van der Waals surface area (Å²) in [5.41, 5.74) is 4.52. The van der Waals surface area contributed by atoms with E-state index in [1.807, 2.05) is 85.8 Å². The van der Waals surface area contributed by atoms with Crippen LogP contribution in [0.2, 0.25) is 0 Å². The Bertz CT molecular complexity index is 1270. The number of hydrogen-bond donors (Lipinski definition) is 2. The van der Waals surface area contributed by atoms with Crippen molar-refractivity contribution in [3.63, 3.8) is 0 Å². The van der Waals surface area contributed by atoms with E-state index in [0.717, 1.165) is 16.9 Å². The highest BCUT2D eigenvalue weighted by Gasteiger charge is 2.08. The van der Waals surface area contributed by atoms with Crippen LogP contribution < -0.4 is 15.4 Å². The Kier molecular flexibility index (Phi) is 7.18. The molecule has 3 aromatic carbocycles. The number of amides is 1. The summed E-state index contributed by atoms with van der Waals surface area (Å²) < 4.78 is 5.68. The standard InChI is InChI=1S/C28H28N4O2/c1-19(2)22-11-7-14-25(15-22)34-18-28(33)32-24-13-8-12-23(16-24)31-27-17-26(29-20(3)30-27)21-9-5-4-6-10-21/h4-17,19H,18H2,1-3H3,(H,32,33)(H,29,30,31). The zero-order chi connectivity index (χ0) is 23.9. The Morgan fingerprint density at radius 3 is 2.44 bits per heavy atom. The highest BCUT2D eigenvalue weighted by atomic mass is 16.5. The predicted octanol–water partition coefficient (Wildman–Crippen LogP) is 6.34. The number of anilines is 3. The lowest BCUT2D eigenvalue weighted by Gasteiger charge is -2.12. The Labute approximate surface area is 200 Å². The van der Waals surface area contributed by atoms with E-state index < -0.39 is 0 Å². The van der Waals surface area contributed by atoms with Gasteiger partial charge < -0.3 is 15.4 Å². The lowest BCUT2D eigenvalue weighted by molar-refractivity contribution is -0.118. The first-order valence-electron chi connectivity index (χ1n) is 11.3. The van der Waals surface area contributed by atoms with Gasteiger partial charge in [-0.25, -0.2) is 9.97 Å². The molecule has 0 saturated heterocycles. The second kappa shape index (κ2) is 10.6. The van der Waals surface area contributed by atoms with Crippen LogP contribution in [0.5, 0.6) is 5.75 Å². The van der Waals surface area contributed by atoms with Crippen molar-refractivity contribution in [2.45, 2.75) is 26.7 Å². The lowest BCUT2D eigenvalue weighted by Crippen LogP contribution is -2.20. The quantitative estimate of drug-likeness (QED) is 0.326. The zero-order valence-corrected chi connectivity index (χ0v) is 19.6. The molecule has 0 spiro atoms. The number of aromatic nitrogens is 2. The third-order valence-electron chi connectivity index (χ3n) is 5.22. The summed E-state index contributed by atoms with van der Waals surface area (Å²) in [6.07, 6.45) is 0. The van der Waals surface area contributed by atoms with Crippen molar-refractivity contribution in [3.8, 4) is 17.0 Å². The second-order valence-corrected chi connectivity index (χ2v) is 8.32. The van der Waals surface area contributed by atoms with E-state index in [0.29, 0.717) is 29.0 Å². The highest BCUT2D eigenvalue weighted by Crippen LogP contribution is 2.24. The highest BCUT2D eigenvalue weighted by molar-refractivity contribution is 5.92. The topological polar surface area (TPSA) is 76.1 Å². The van der Waals surface area contributed by atoms with Gasteiger partial charge in [0.05, 0.1) is 5.69 Å². The molecule has 4 rings (SSSR count). The first-order valence-corrected chi connectivity index (χ1v) is 11.3. The van der Waals surface area contributed by atoms with Crippen LogP contribution in [0.15, 0.2) is 84.9 Å². The minimum absolute atomic E-state index is 0.0647. The van der Waals surface area contributed by atoms with E-state index in [9.17, 15) is 4.79 Å². The number of carbonyl (C=O) groups excluding carboxylic acids is 1. The molecule has 1 amide bonds. The molecule has 6 nitrogen and oxygen atoms in total. The van der Waals surface area contributed by atoms with Crippen molar-refractivity contribution < 1.29 is 9.53 Å². The van der Waals surface area contributed by atoms with Gasteiger partial charge in [0.15, 0.2) is 6.61 Å². The van der Waals surface area contributed by atoms with Crippen molar-refractivity contribution in [2.24, 2.45) is 0 Å². The molecule has 6 heteroatoms.